The normalized spacial score (nSPS) is 13.2. The van der Waals surface area contributed by atoms with Crippen molar-refractivity contribution < 1.29 is 4.74 Å². The number of thiophene rings is 1. The Morgan fingerprint density at radius 2 is 2.29 bits per heavy atom. The smallest absolute Gasteiger partial charge is 0.183 e. The van der Waals surface area contributed by atoms with E-state index in [0.29, 0.717) is 6.61 Å². The average Bonchev–Trinajstić information content (AvgIpc) is 2.93. The van der Waals surface area contributed by atoms with Crippen LogP contribution in [0.5, 0.6) is 0 Å². The first kappa shape index (κ1) is 11.2. The number of nitrogens with one attached hydrogen (secondary N) is 1. The van der Waals surface area contributed by atoms with Gasteiger partial charge < -0.3 is 10.1 Å². The lowest BCUT2D eigenvalue weighted by molar-refractivity contribution is 0.211. The Kier molecular flexibility index (Phi) is 3.13. The van der Waals surface area contributed by atoms with Crippen molar-refractivity contribution in [3.05, 3.63) is 21.2 Å². The van der Waals surface area contributed by atoms with Crippen molar-refractivity contribution in [2.24, 2.45) is 0 Å². The number of fused-ring (bicyclic) bond motifs is 3. The van der Waals surface area contributed by atoms with Crippen LogP contribution in [0.25, 0.3) is 11.3 Å². The molecular weight excluding hydrogens is 252 g/mol. The van der Waals surface area contributed by atoms with Crippen LogP contribution in [0, 0.1) is 0 Å². The highest BCUT2D eigenvalue weighted by Gasteiger charge is 2.21. The van der Waals surface area contributed by atoms with E-state index in [1.165, 1.54) is 27.4 Å². The highest BCUT2D eigenvalue weighted by molar-refractivity contribution is 7.16. The first-order chi connectivity index (χ1) is 8.38. The van der Waals surface area contributed by atoms with Gasteiger partial charge in [0.2, 0.25) is 0 Å². The van der Waals surface area contributed by atoms with E-state index in [2.05, 4.69) is 16.8 Å². The number of thiazole rings is 1. The molecule has 1 aliphatic rings. The number of hydrogen-bond acceptors (Lipinski definition) is 5. The molecule has 3 nitrogen and oxygen atoms in total. The Morgan fingerprint density at radius 3 is 3.18 bits per heavy atom. The summed E-state index contributed by atoms with van der Waals surface area (Å²) in [5.41, 5.74) is 2.53. The van der Waals surface area contributed by atoms with E-state index < -0.39 is 0 Å². The van der Waals surface area contributed by atoms with Gasteiger partial charge in [-0.05, 0) is 24.3 Å². The van der Waals surface area contributed by atoms with Crippen LogP contribution in [0.2, 0.25) is 0 Å². The molecule has 0 radical (unpaired) electrons. The number of anilines is 1. The van der Waals surface area contributed by atoms with Gasteiger partial charge in [-0.3, -0.25) is 0 Å². The molecule has 0 saturated heterocycles. The maximum atomic E-state index is 5.03. The van der Waals surface area contributed by atoms with E-state index in [9.17, 15) is 0 Å². The summed E-state index contributed by atoms with van der Waals surface area (Å²) in [6.07, 6.45) is 2.30. The second-order valence-electron chi connectivity index (χ2n) is 3.97. The number of aryl methyl sites for hydroxylation is 2. The minimum Gasteiger partial charge on any atom is -0.383 e. The number of methoxy groups -OCH3 is 1. The fourth-order valence-corrected chi connectivity index (χ4v) is 3.92. The summed E-state index contributed by atoms with van der Waals surface area (Å²) in [4.78, 5) is 7.59. The second-order valence-corrected chi connectivity index (χ2v) is 6.05. The number of nitrogens with zero attached hydrogens (tertiary/aromatic N) is 1. The van der Waals surface area contributed by atoms with Crippen molar-refractivity contribution in [2.45, 2.75) is 12.8 Å². The van der Waals surface area contributed by atoms with Gasteiger partial charge in [0.15, 0.2) is 5.13 Å². The number of ether oxygens (including phenoxy) is 1. The van der Waals surface area contributed by atoms with E-state index in [0.717, 1.165) is 18.1 Å². The SMILES string of the molecule is COCCNc1nc2c(s1)CCc1sccc1-2. The van der Waals surface area contributed by atoms with E-state index >= 15 is 0 Å². The predicted octanol–water partition coefficient (Wildman–Crippen LogP) is 3.03. The van der Waals surface area contributed by atoms with E-state index in [-0.39, 0.29) is 0 Å². The molecule has 2 aromatic heterocycles. The summed E-state index contributed by atoms with van der Waals surface area (Å²) in [6, 6.07) is 2.19. The fraction of sp³-hybridized carbons (Fsp3) is 0.417. The fourth-order valence-electron chi connectivity index (χ4n) is 2.04. The van der Waals surface area contributed by atoms with Gasteiger partial charge in [0.1, 0.15) is 0 Å². The summed E-state index contributed by atoms with van der Waals surface area (Å²) in [6.45, 7) is 1.54. The largest absolute Gasteiger partial charge is 0.383 e. The lowest BCUT2D eigenvalue weighted by Gasteiger charge is -2.08. The monoisotopic (exact) mass is 266 g/mol. The zero-order valence-electron chi connectivity index (χ0n) is 9.66. The van der Waals surface area contributed by atoms with Crippen molar-refractivity contribution in [3.63, 3.8) is 0 Å². The minimum atomic E-state index is 0.716. The van der Waals surface area contributed by atoms with Crippen molar-refractivity contribution in [3.8, 4) is 11.3 Å². The molecule has 0 spiro atoms. The van der Waals surface area contributed by atoms with Crippen LogP contribution in [0.1, 0.15) is 9.75 Å². The third-order valence-electron chi connectivity index (χ3n) is 2.86. The molecule has 0 amide bonds. The number of hydrogen-bond donors (Lipinski definition) is 1. The topological polar surface area (TPSA) is 34.1 Å². The molecule has 0 unspecified atom stereocenters. The van der Waals surface area contributed by atoms with Gasteiger partial charge in [-0.2, -0.15) is 0 Å². The van der Waals surface area contributed by atoms with Gasteiger partial charge in [0.05, 0.1) is 12.3 Å². The Bertz CT molecular complexity index is 518. The minimum absolute atomic E-state index is 0.716. The third kappa shape index (κ3) is 2.10. The molecule has 2 aromatic rings. The molecule has 0 aromatic carbocycles. The van der Waals surface area contributed by atoms with Gasteiger partial charge in [-0.25, -0.2) is 4.98 Å². The van der Waals surface area contributed by atoms with Crippen LogP contribution in [0.15, 0.2) is 11.4 Å². The molecule has 5 heteroatoms. The molecule has 0 saturated carbocycles. The number of aromatic nitrogens is 1. The Balaban J connectivity index is 1.84. The first-order valence-electron chi connectivity index (χ1n) is 5.67. The average molecular weight is 266 g/mol. The van der Waals surface area contributed by atoms with Crippen LogP contribution in [-0.4, -0.2) is 25.2 Å². The van der Waals surface area contributed by atoms with E-state index in [1.54, 1.807) is 18.4 Å². The van der Waals surface area contributed by atoms with Crippen LogP contribution >= 0.6 is 22.7 Å². The van der Waals surface area contributed by atoms with Gasteiger partial charge in [-0.15, -0.1) is 22.7 Å². The lowest BCUT2D eigenvalue weighted by Crippen LogP contribution is -2.07. The lowest BCUT2D eigenvalue weighted by atomic mass is 10.0. The third-order valence-corrected chi connectivity index (χ3v) is 4.91. The highest BCUT2D eigenvalue weighted by atomic mass is 32.1. The first-order valence-corrected chi connectivity index (χ1v) is 7.37. The molecule has 0 bridgehead atoms. The van der Waals surface area contributed by atoms with Gasteiger partial charge >= 0.3 is 0 Å². The van der Waals surface area contributed by atoms with Gasteiger partial charge in [0, 0.05) is 29.0 Å². The standard InChI is InChI=1S/C12H14N2OS2/c1-15-6-5-13-12-14-11-8-4-7-16-9(8)2-3-10(11)17-12/h4,7H,2-3,5-6H2,1H3,(H,13,14). The Labute approximate surface area is 108 Å². The van der Waals surface area contributed by atoms with Crippen LogP contribution < -0.4 is 5.32 Å². The predicted molar refractivity (Wildman–Crippen MR) is 73.2 cm³/mol. The molecule has 0 fully saturated rings. The van der Waals surface area contributed by atoms with E-state index in [4.69, 9.17) is 9.72 Å². The summed E-state index contributed by atoms with van der Waals surface area (Å²) in [5, 5.41) is 6.49. The maximum absolute atomic E-state index is 5.03. The second kappa shape index (κ2) is 4.76. The molecule has 0 atom stereocenters. The zero-order chi connectivity index (χ0) is 11.7. The zero-order valence-corrected chi connectivity index (χ0v) is 11.3. The molecule has 2 heterocycles. The molecular formula is C12H14N2OS2. The Hall–Kier alpha value is -0.910. The van der Waals surface area contributed by atoms with Crippen molar-refractivity contribution >= 4 is 27.8 Å². The van der Waals surface area contributed by atoms with Crippen LogP contribution in [-0.2, 0) is 17.6 Å². The van der Waals surface area contributed by atoms with Gasteiger partial charge in [0.25, 0.3) is 0 Å². The summed E-state index contributed by atoms with van der Waals surface area (Å²) >= 11 is 3.62. The van der Waals surface area contributed by atoms with Crippen molar-refractivity contribution in [1.29, 1.82) is 0 Å². The van der Waals surface area contributed by atoms with Crippen LogP contribution in [0.3, 0.4) is 0 Å². The number of rotatable bonds is 4. The molecule has 1 N–H and O–H groups in total. The molecule has 1 aliphatic carbocycles. The summed E-state index contributed by atoms with van der Waals surface area (Å²) in [5.74, 6) is 0. The maximum Gasteiger partial charge on any atom is 0.183 e. The van der Waals surface area contributed by atoms with E-state index in [1.807, 2.05) is 11.3 Å². The van der Waals surface area contributed by atoms with Crippen LogP contribution in [0.4, 0.5) is 5.13 Å². The Morgan fingerprint density at radius 1 is 1.41 bits per heavy atom. The molecule has 0 aliphatic heterocycles. The quantitative estimate of drug-likeness (QED) is 0.864. The summed E-state index contributed by atoms with van der Waals surface area (Å²) < 4.78 is 5.03. The van der Waals surface area contributed by atoms with Gasteiger partial charge in [-0.1, -0.05) is 0 Å². The molecule has 90 valence electrons. The van der Waals surface area contributed by atoms with Crippen molar-refractivity contribution in [1.82, 2.24) is 4.98 Å². The highest BCUT2D eigenvalue weighted by Crippen LogP contribution is 2.40. The molecule has 17 heavy (non-hydrogen) atoms. The molecule has 3 rings (SSSR count). The van der Waals surface area contributed by atoms with Crippen molar-refractivity contribution in [2.75, 3.05) is 25.6 Å². The summed E-state index contributed by atoms with van der Waals surface area (Å²) in [7, 11) is 1.71.